The molecule has 0 amide bonds. The Bertz CT molecular complexity index is 376. The van der Waals surface area contributed by atoms with E-state index in [1.165, 1.54) is 0 Å². The van der Waals surface area contributed by atoms with Crippen molar-refractivity contribution in [2.45, 2.75) is 13.5 Å². The molecule has 1 aromatic rings. The molecule has 0 saturated heterocycles. The zero-order valence-electron chi connectivity index (χ0n) is 6.84. The molecular formula is C7H9NO4. The van der Waals surface area contributed by atoms with Gasteiger partial charge in [0, 0.05) is 0 Å². The molecule has 0 radical (unpaired) electrons. The van der Waals surface area contributed by atoms with E-state index in [-0.39, 0.29) is 0 Å². The van der Waals surface area contributed by atoms with E-state index in [4.69, 9.17) is 0 Å². The lowest BCUT2D eigenvalue weighted by molar-refractivity contribution is 0.335. The summed E-state index contributed by atoms with van der Waals surface area (Å²) in [5.41, 5.74) is -1.93. The molecule has 0 saturated carbocycles. The fourth-order valence-electron chi connectivity index (χ4n) is 0.784. The fraction of sp³-hybridized carbons (Fsp3) is 0.429. The zero-order valence-corrected chi connectivity index (χ0v) is 6.84. The van der Waals surface area contributed by atoms with Gasteiger partial charge in [-0.1, -0.05) is 0 Å². The highest BCUT2D eigenvalue weighted by Gasteiger charge is 2.06. The largest absolute Gasteiger partial charge is 0.423 e. The second kappa shape index (κ2) is 3.36. The number of hydrogen-bond donors (Lipinski definition) is 1. The van der Waals surface area contributed by atoms with Crippen LogP contribution in [0.15, 0.2) is 18.4 Å². The van der Waals surface area contributed by atoms with E-state index in [2.05, 4.69) is 14.2 Å². The van der Waals surface area contributed by atoms with Crippen LogP contribution in [0.25, 0.3) is 0 Å². The van der Waals surface area contributed by atoms with E-state index in [1.54, 1.807) is 14.0 Å². The van der Waals surface area contributed by atoms with Gasteiger partial charge in [-0.3, -0.25) is 0 Å². The summed E-state index contributed by atoms with van der Waals surface area (Å²) >= 11 is 0. The Morgan fingerprint density at radius 2 is 1.83 bits per heavy atom. The molecule has 0 aliphatic rings. The number of aryl methyl sites for hydroxylation is 1. The van der Waals surface area contributed by atoms with Crippen molar-refractivity contribution in [3.05, 3.63) is 32.4 Å². The first-order valence-electron chi connectivity index (χ1n) is 3.43. The lowest BCUT2D eigenvalue weighted by atomic mass is 10.4. The molecule has 0 aliphatic heterocycles. The standard InChI is InChI=1S/C7H9NO4/c1-4-5(3-8-2)12-7(10)6(9)11-4/h8H,3H2,1-2H3. The topological polar surface area (TPSA) is 72.5 Å². The summed E-state index contributed by atoms with van der Waals surface area (Å²) < 4.78 is 9.24. The Morgan fingerprint density at radius 1 is 1.25 bits per heavy atom. The van der Waals surface area contributed by atoms with Crippen LogP contribution in [0, 0.1) is 6.92 Å². The van der Waals surface area contributed by atoms with Crippen LogP contribution in [0.4, 0.5) is 0 Å². The van der Waals surface area contributed by atoms with Crippen LogP contribution in [-0.2, 0) is 6.54 Å². The molecule has 5 nitrogen and oxygen atoms in total. The molecule has 0 atom stereocenters. The minimum Gasteiger partial charge on any atom is -0.419 e. The molecule has 5 heteroatoms. The van der Waals surface area contributed by atoms with Crippen LogP contribution in [0.2, 0.25) is 0 Å². The second-order valence-corrected chi connectivity index (χ2v) is 2.29. The van der Waals surface area contributed by atoms with Crippen molar-refractivity contribution in [2.75, 3.05) is 7.05 Å². The summed E-state index contributed by atoms with van der Waals surface area (Å²) in [6.45, 7) is 1.93. The Balaban J connectivity index is 3.23. The van der Waals surface area contributed by atoms with Gasteiger partial charge in [0.2, 0.25) is 0 Å². The van der Waals surface area contributed by atoms with Gasteiger partial charge in [0.25, 0.3) is 0 Å². The summed E-state index contributed by atoms with van der Waals surface area (Å²) in [5.74, 6) is 0.677. The van der Waals surface area contributed by atoms with Crippen LogP contribution < -0.4 is 16.6 Å². The third-order valence-electron chi connectivity index (χ3n) is 1.36. The highest BCUT2D eigenvalue weighted by Crippen LogP contribution is 2.00. The van der Waals surface area contributed by atoms with Crippen molar-refractivity contribution in [3.63, 3.8) is 0 Å². The van der Waals surface area contributed by atoms with E-state index in [0.29, 0.717) is 18.1 Å². The molecule has 1 N–H and O–H groups in total. The van der Waals surface area contributed by atoms with Gasteiger partial charge in [0.15, 0.2) is 5.76 Å². The third-order valence-corrected chi connectivity index (χ3v) is 1.36. The van der Waals surface area contributed by atoms with Crippen molar-refractivity contribution in [1.82, 2.24) is 5.32 Å². The first kappa shape index (κ1) is 8.73. The van der Waals surface area contributed by atoms with Crippen molar-refractivity contribution in [1.29, 1.82) is 0 Å². The average Bonchev–Trinajstić information content (AvgIpc) is 2.01. The lowest BCUT2D eigenvalue weighted by Crippen LogP contribution is -2.24. The second-order valence-electron chi connectivity index (χ2n) is 2.29. The molecule has 1 heterocycles. The Morgan fingerprint density at radius 3 is 2.42 bits per heavy atom. The van der Waals surface area contributed by atoms with E-state index >= 15 is 0 Å². The molecule has 0 aromatic carbocycles. The van der Waals surface area contributed by atoms with Gasteiger partial charge in [0.05, 0.1) is 6.54 Å². The highest BCUT2D eigenvalue weighted by atomic mass is 16.5. The first-order chi connectivity index (χ1) is 5.65. The van der Waals surface area contributed by atoms with Gasteiger partial charge in [-0.25, -0.2) is 9.59 Å². The summed E-state index contributed by atoms with van der Waals surface area (Å²) in [6, 6.07) is 0. The fourth-order valence-corrected chi connectivity index (χ4v) is 0.784. The average molecular weight is 171 g/mol. The van der Waals surface area contributed by atoms with Crippen LogP contribution in [-0.4, -0.2) is 7.05 Å². The maximum Gasteiger partial charge on any atom is 0.423 e. The molecule has 0 fully saturated rings. The summed E-state index contributed by atoms with van der Waals surface area (Å²) in [5, 5.41) is 2.78. The Labute approximate surface area is 68.0 Å². The van der Waals surface area contributed by atoms with E-state index in [1.807, 2.05) is 0 Å². The summed E-state index contributed by atoms with van der Waals surface area (Å²) in [4.78, 5) is 21.3. The molecule has 1 rings (SSSR count). The van der Waals surface area contributed by atoms with Crippen molar-refractivity contribution >= 4 is 0 Å². The smallest absolute Gasteiger partial charge is 0.419 e. The Kier molecular flexibility index (Phi) is 2.44. The lowest BCUT2D eigenvalue weighted by Gasteiger charge is -1.98. The third kappa shape index (κ3) is 1.62. The van der Waals surface area contributed by atoms with Gasteiger partial charge in [-0.05, 0) is 14.0 Å². The Hall–Kier alpha value is -1.36. The van der Waals surface area contributed by atoms with Gasteiger partial charge in [-0.15, -0.1) is 0 Å². The van der Waals surface area contributed by atoms with Gasteiger partial charge in [0.1, 0.15) is 5.76 Å². The van der Waals surface area contributed by atoms with Crippen LogP contribution in [0.3, 0.4) is 0 Å². The number of rotatable bonds is 2. The molecule has 0 bridgehead atoms. The number of hydrogen-bond acceptors (Lipinski definition) is 5. The molecule has 1 aromatic heterocycles. The zero-order chi connectivity index (χ0) is 9.14. The van der Waals surface area contributed by atoms with Gasteiger partial charge in [-0.2, -0.15) is 0 Å². The quantitative estimate of drug-likeness (QED) is 0.614. The molecule has 0 spiro atoms. The molecule has 66 valence electrons. The summed E-state index contributed by atoms with van der Waals surface area (Å²) in [7, 11) is 1.70. The van der Waals surface area contributed by atoms with Crippen molar-refractivity contribution < 1.29 is 8.83 Å². The maximum absolute atomic E-state index is 10.7. The van der Waals surface area contributed by atoms with Crippen molar-refractivity contribution in [2.24, 2.45) is 0 Å². The minimum absolute atomic E-state index is 0.328. The van der Waals surface area contributed by atoms with Crippen LogP contribution in [0.1, 0.15) is 11.5 Å². The van der Waals surface area contributed by atoms with Crippen LogP contribution >= 0.6 is 0 Å². The molecule has 0 aliphatic carbocycles. The van der Waals surface area contributed by atoms with Gasteiger partial charge >= 0.3 is 11.3 Å². The van der Waals surface area contributed by atoms with Gasteiger partial charge < -0.3 is 14.2 Å². The normalized spacial score (nSPS) is 10.2. The predicted octanol–water partition coefficient (Wildman–Crippen LogP) is -0.379. The highest BCUT2D eigenvalue weighted by molar-refractivity contribution is 4.99. The molecule has 12 heavy (non-hydrogen) atoms. The van der Waals surface area contributed by atoms with E-state index < -0.39 is 11.3 Å². The predicted molar refractivity (Wildman–Crippen MR) is 41.0 cm³/mol. The molecule has 0 unspecified atom stereocenters. The van der Waals surface area contributed by atoms with Crippen LogP contribution in [0.5, 0.6) is 0 Å². The maximum atomic E-state index is 10.7. The number of nitrogens with one attached hydrogen (secondary N) is 1. The van der Waals surface area contributed by atoms with E-state index in [9.17, 15) is 9.59 Å². The summed E-state index contributed by atoms with van der Waals surface area (Å²) in [6.07, 6.45) is 0. The minimum atomic E-state index is -0.967. The monoisotopic (exact) mass is 171 g/mol. The SMILES string of the molecule is CNCc1oc(=O)c(=O)oc1C. The first-order valence-corrected chi connectivity index (χ1v) is 3.43. The van der Waals surface area contributed by atoms with E-state index in [0.717, 1.165) is 0 Å². The van der Waals surface area contributed by atoms with Crippen molar-refractivity contribution in [3.8, 4) is 0 Å². The molecular weight excluding hydrogens is 162 g/mol.